The zero-order chi connectivity index (χ0) is 12.9. The van der Waals surface area contributed by atoms with Crippen LogP contribution in [0.2, 0.25) is 0 Å². The Kier molecular flexibility index (Phi) is 4.08. The SMILES string of the molecule is C#C/C(C)=C/[C@@](O)(C(=O)OC)c1ccccc1. The standard InChI is InChI=1S/C14H14O3/c1-4-11(2)10-14(16,13(15)17-3)12-8-6-5-7-9-12/h1,5-10,16H,2-3H3/b11-10+/t14-/m0/s1. The van der Waals surface area contributed by atoms with Gasteiger partial charge in [0.15, 0.2) is 0 Å². The molecule has 0 heterocycles. The highest BCUT2D eigenvalue weighted by atomic mass is 16.5. The summed E-state index contributed by atoms with van der Waals surface area (Å²) in [4.78, 5) is 11.7. The highest BCUT2D eigenvalue weighted by Crippen LogP contribution is 2.25. The van der Waals surface area contributed by atoms with Crippen LogP contribution in [0.3, 0.4) is 0 Å². The van der Waals surface area contributed by atoms with Gasteiger partial charge in [0.2, 0.25) is 5.60 Å². The van der Waals surface area contributed by atoms with Gasteiger partial charge in [-0.05, 0) is 24.1 Å². The Balaban J connectivity index is 3.31. The van der Waals surface area contributed by atoms with Crippen molar-refractivity contribution in [3.8, 4) is 12.3 Å². The number of hydrogen-bond donors (Lipinski definition) is 1. The molecule has 88 valence electrons. The van der Waals surface area contributed by atoms with Gasteiger partial charge in [-0.3, -0.25) is 0 Å². The summed E-state index contributed by atoms with van der Waals surface area (Å²) in [6.45, 7) is 1.64. The van der Waals surface area contributed by atoms with E-state index in [0.29, 0.717) is 11.1 Å². The molecule has 1 aromatic carbocycles. The number of terminal acetylenes is 1. The van der Waals surface area contributed by atoms with Gasteiger partial charge in [-0.2, -0.15) is 0 Å². The number of ether oxygens (including phenoxy) is 1. The third-order valence-electron chi connectivity index (χ3n) is 2.36. The molecule has 0 amide bonds. The molecular weight excluding hydrogens is 216 g/mol. The molecule has 3 heteroatoms. The van der Waals surface area contributed by atoms with Crippen LogP contribution in [0.4, 0.5) is 0 Å². The number of hydrogen-bond acceptors (Lipinski definition) is 3. The lowest BCUT2D eigenvalue weighted by Gasteiger charge is -2.22. The second kappa shape index (κ2) is 5.33. The normalized spacial score (nSPS) is 14.6. The lowest BCUT2D eigenvalue weighted by Crippen LogP contribution is -2.35. The first-order valence-corrected chi connectivity index (χ1v) is 5.07. The van der Waals surface area contributed by atoms with Crippen LogP contribution in [-0.2, 0) is 15.1 Å². The molecule has 0 aliphatic carbocycles. The summed E-state index contributed by atoms with van der Waals surface area (Å²) in [6, 6.07) is 8.51. The maximum absolute atomic E-state index is 11.7. The van der Waals surface area contributed by atoms with E-state index in [9.17, 15) is 9.90 Å². The topological polar surface area (TPSA) is 46.5 Å². The van der Waals surface area contributed by atoms with Gasteiger partial charge in [-0.1, -0.05) is 36.3 Å². The Morgan fingerprint density at radius 3 is 2.53 bits per heavy atom. The number of allylic oxidation sites excluding steroid dienone is 1. The molecule has 1 atom stereocenters. The van der Waals surface area contributed by atoms with Crippen LogP contribution < -0.4 is 0 Å². The minimum atomic E-state index is -1.84. The van der Waals surface area contributed by atoms with Crippen molar-refractivity contribution in [1.29, 1.82) is 0 Å². The Hall–Kier alpha value is -2.05. The van der Waals surface area contributed by atoms with Gasteiger partial charge < -0.3 is 9.84 Å². The summed E-state index contributed by atoms with van der Waals surface area (Å²) in [6.07, 6.45) is 6.53. The fourth-order valence-corrected chi connectivity index (χ4v) is 1.46. The lowest BCUT2D eigenvalue weighted by molar-refractivity contribution is -0.158. The summed E-state index contributed by atoms with van der Waals surface area (Å²) in [5.74, 6) is 1.60. The molecule has 1 N–H and O–H groups in total. The molecule has 0 aliphatic rings. The molecule has 1 aromatic rings. The van der Waals surface area contributed by atoms with Crippen LogP contribution >= 0.6 is 0 Å². The fourth-order valence-electron chi connectivity index (χ4n) is 1.46. The highest BCUT2D eigenvalue weighted by molar-refractivity contribution is 5.83. The van der Waals surface area contributed by atoms with Crippen LogP contribution in [0.5, 0.6) is 0 Å². The largest absolute Gasteiger partial charge is 0.466 e. The van der Waals surface area contributed by atoms with Crippen LogP contribution in [0.15, 0.2) is 42.0 Å². The van der Waals surface area contributed by atoms with Crippen molar-refractivity contribution in [2.45, 2.75) is 12.5 Å². The summed E-state index contributed by atoms with van der Waals surface area (Å²) >= 11 is 0. The monoisotopic (exact) mass is 230 g/mol. The van der Waals surface area contributed by atoms with E-state index in [1.165, 1.54) is 13.2 Å². The molecule has 0 bridgehead atoms. The predicted octanol–water partition coefficient (Wildman–Crippen LogP) is 1.63. The van der Waals surface area contributed by atoms with E-state index in [2.05, 4.69) is 10.7 Å². The van der Waals surface area contributed by atoms with Crippen molar-refractivity contribution >= 4 is 5.97 Å². The van der Waals surface area contributed by atoms with E-state index < -0.39 is 11.6 Å². The van der Waals surface area contributed by atoms with Crippen LogP contribution in [0.25, 0.3) is 0 Å². The van der Waals surface area contributed by atoms with E-state index in [0.717, 1.165) is 0 Å². The van der Waals surface area contributed by atoms with Crippen molar-refractivity contribution in [3.63, 3.8) is 0 Å². The number of esters is 1. The number of carbonyl (C=O) groups is 1. The molecule has 17 heavy (non-hydrogen) atoms. The zero-order valence-corrected chi connectivity index (χ0v) is 9.81. The minimum absolute atomic E-state index is 0.418. The second-order valence-electron chi connectivity index (χ2n) is 3.60. The predicted molar refractivity (Wildman–Crippen MR) is 64.9 cm³/mol. The Bertz CT molecular complexity index is 468. The lowest BCUT2D eigenvalue weighted by atomic mass is 9.92. The first-order valence-electron chi connectivity index (χ1n) is 5.07. The maximum atomic E-state index is 11.7. The summed E-state index contributed by atoms with van der Waals surface area (Å²) in [7, 11) is 1.22. The number of rotatable bonds is 3. The number of carbonyl (C=O) groups excluding carboxylic acids is 1. The van der Waals surface area contributed by atoms with Crippen LogP contribution in [0, 0.1) is 12.3 Å². The highest BCUT2D eigenvalue weighted by Gasteiger charge is 2.36. The van der Waals surface area contributed by atoms with Gasteiger partial charge in [0.25, 0.3) is 0 Å². The third kappa shape index (κ3) is 2.74. The maximum Gasteiger partial charge on any atom is 0.346 e. The average Bonchev–Trinajstić information content (AvgIpc) is 2.38. The zero-order valence-electron chi connectivity index (χ0n) is 9.81. The van der Waals surface area contributed by atoms with Gasteiger partial charge >= 0.3 is 5.97 Å². The molecule has 0 aromatic heterocycles. The summed E-state index contributed by atoms with van der Waals surface area (Å²) < 4.78 is 4.61. The quantitative estimate of drug-likeness (QED) is 0.634. The average molecular weight is 230 g/mol. The minimum Gasteiger partial charge on any atom is -0.466 e. The Labute approximate surface area is 101 Å². The molecule has 0 unspecified atom stereocenters. The number of aliphatic hydroxyl groups is 1. The third-order valence-corrected chi connectivity index (χ3v) is 2.36. The number of benzene rings is 1. The van der Waals surface area contributed by atoms with Crippen LogP contribution in [-0.4, -0.2) is 18.2 Å². The first kappa shape index (κ1) is 13.0. The fraction of sp³-hybridized carbons (Fsp3) is 0.214. The molecule has 0 saturated carbocycles. The smallest absolute Gasteiger partial charge is 0.346 e. The van der Waals surface area contributed by atoms with E-state index in [1.54, 1.807) is 37.3 Å². The molecule has 0 aliphatic heterocycles. The molecule has 0 fully saturated rings. The molecule has 1 rings (SSSR count). The van der Waals surface area contributed by atoms with Gasteiger partial charge in [-0.25, -0.2) is 4.79 Å². The molecule has 0 saturated heterocycles. The van der Waals surface area contributed by atoms with Crippen molar-refractivity contribution in [2.75, 3.05) is 7.11 Å². The van der Waals surface area contributed by atoms with E-state index in [1.807, 2.05) is 0 Å². The molecule has 0 spiro atoms. The second-order valence-corrected chi connectivity index (χ2v) is 3.60. The van der Waals surface area contributed by atoms with Crippen molar-refractivity contribution in [2.24, 2.45) is 0 Å². The van der Waals surface area contributed by atoms with Crippen molar-refractivity contribution in [3.05, 3.63) is 47.5 Å². The van der Waals surface area contributed by atoms with E-state index in [4.69, 9.17) is 6.42 Å². The molecule has 0 radical (unpaired) electrons. The van der Waals surface area contributed by atoms with Crippen LogP contribution in [0.1, 0.15) is 12.5 Å². The van der Waals surface area contributed by atoms with Crippen molar-refractivity contribution in [1.82, 2.24) is 0 Å². The first-order chi connectivity index (χ1) is 8.04. The molecular formula is C14H14O3. The van der Waals surface area contributed by atoms with E-state index in [-0.39, 0.29) is 0 Å². The van der Waals surface area contributed by atoms with Crippen molar-refractivity contribution < 1.29 is 14.6 Å². The van der Waals surface area contributed by atoms with Gasteiger partial charge in [0.1, 0.15) is 0 Å². The van der Waals surface area contributed by atoms with Gasteiger partial charge in [-0.15, -0.1) is 6.42 Å². The van der Waals surface area contributed by atoms with Gasteiger partial charge in [0.05, 0.1) is 7.11 Å². The summed E-state index contributed by atoms with van der Waals surface area (Å²) in [5, 5.41) is 10.4. The molecule has 3 nitrogen and oxygen atoms in total. The van der Waals surface area contributed by atoms with E-state index >= 15 is 0 Å². The van der Waals surface area contributed by atoms with Gasteiger partial charge in [0, 0.05) is 0 Å². The summed E-state index contributed by atoms with van der Waals surface area (Å²) in [5.41, 5.74) is -0.963. The number of methoxy groups -OCH3 is 1. The Morgan fingerprint density at radius 2 is 2.06 bits per heavy atom. The Morgan fingerprint density at radius 1 is 1.47 bits per heavy atom.